The van der Waals surface area contributed by atoms with Gasteiger partial charge in [0.15, 0.2) is 17.3 Å². The summed E-state index contributed by atoms with van der Waals surface area (Å²) in [6.45, 7) is 2.30. The smallest absolute Gasteiger partial charge is 0.161 e. The molecular formula is C49H52N3O6-. The van der Waals surface area contributed by atoms with Crippen LogP contribution in [0.25, 0.3) is 0 Å². The van der Waals surface area contributed by atoms with E-state index in [4.69, 9.17) is 16.2 Å². The lowest BCUT2D eigenvalue weighted by Crippen LogP contribution is -2.21. The molecule has 300 valence electrons. The van der Waals surface area contributed by atoms with E-state index in [9.17, 15) is 25.2 Å². The highest BCUT2D eigenvalue weighted by atomic mass is 16.5. The fourth-order valence-corrected chi connectivity index (χ4v) is 7.38. The number of nitrogens with two attached hydrogens (primary N) is 2. The first-order valence-corrected chi connectivity index (χ1v) is 20.0. The Labute approximate surface area is 341 Å². The quantitative estimate of drug-likeness (QED) is 0.0331. The number of phenolic OH excluding ortho intramolecular Hbond substituents is 2. The van der Waals surface area contributed by atoms with Crippen LogP contribution in [0.4, 0.5) is 0 Å². The molecule has 7 N–H and O–H groups in total. The highest BCUT2D eigenvalue weighted by Crippen LogP contribution is 2.39. The van der Waals surface area contributed by atoms with Gasteiger partial charge in [-0.05, 0) is 114 Å². The topological polar surface area (TPSA) is 174 Å². The molecule has 0 radical (unpaired) electrons. The molecule has 4 aromatic carbocycles. The largest absolute Gasteiger partial charge is 0.875 e. The van der Waals surface area contributed by atoms with Gasteiger partial charge in [0.2, 0.25) is 0 Å². The number of ketones is 1. The van der Waals surface area contributed by atoms with Crippen LogP contribution in [0.15, 0.2) is 126 Å². The second-order valence-corrected chi connectivity index (χ2v) is 15.2. The Balaban J connectivity index is 1.04. The standard InChI is InChI=1S/C49H53N3O6/c1-32(46(56)28-33-10-5-3-6-11-33)9-4-2-7-13-38(53)19-15-34-17-22-45(55)48(29-34)58-26-24-35-16-21-44(54)42(27-35)41-31-47(57)40-23-25-52-43(40)14-8-12-36-30-37(49(50)51)18-20-39(36)41/h3,5-7,10-11,13,16-18,20-23,25,27,29-30,32,41,46,49,54-57H,2,4,9,14-15,19,24,26,28,31,50-51H2,1H3/p-1. The third kappa shape index (κ3) is 11.1. The first-order valence-electron chi connectivity index (χ1n) is 20.0. The fourth-order valence-electron chi connectivity index (χ4n) is 7.38. The van der Waals surface area contributed by atoms with E-state index in [1.807, 2.05) is 66.7 Å². The third-order valence-corrected chi connectivity index (χ3v) is 10.9. The number of aromatic hydroxyl groups is 2. The van der Waals surface area contributed by atoms with Crippen molar-refractivity contribution in [1.29, 1.82) is 0 Å². The number of ether oxygens (including phenoxy) is 1. The van der Waals surface area contributed by atoms with E-state index in [0.717, 1.165) is 41.5 Å². The summed E-state index contributed by atoms with van der Waals surface area (Å²) in [6.07, 6.45) is 10.7. The molecule has 6 rings (SSSR count). The second-order valence-electron chi connectivity index (χ2n) is 15.2. The number of phenols is 2. The maximum Gasteiger partial charge on any atom is 0.161 e. The molecule has 9 heteroatoms. The van der Waals surface area contributed by atoms with Gasteiger partial charge in [-0.2, -0.15) is 0 Å². The summed E-state index contributed by atoms with van der Waals surface area (Å²) in [5, 5.41) is 46.0. The zero-order valence-corrected chi connectivity index (χ0v) is 32.9. The van der Waals surface area contributed by atoms with Crippen molar-refractivity contribution >= 4 is 11.5 Å². The van der Waals surface area contributed by atoms with Gasteiger partial charge in [0, 0.05) is 36.1 Å². The SMILES string of the molecule is CC(CCCC=CC(=O)CCc1ccc(O)c(OCCc2ccc(O)c(C3CC([O-])=C4C=CN=C4CC#Cc4cc(C(N)N)ccc43)c2)c1)C(O)Cc1ccccc1. The molecule has 1 aliphatic heterocycles. The predicted molar refractivity (Wildman–Crippen MR) is 226 cm³/mol. The maximum atomic E-state index is 13.7. The van der Waals surface area contributed by atoms with Crippen LogP contribution < -0.4 is 21.3 Å². The first kappa shape index (κ1) is 41.7. The Hall–Kier alpha value is -5.92. The minimum absolute atomic E-state index is 0.000142. The van der Waals surface area contributed by atoms with E-state index in [2.05, 4.69) is 23.8 Å². The Morgan fingerprint density at radius 3 is 2.53 bits per heavy atom. The van der Waals surface area contributed by atoms with Gasteiger partial charge in [-0.15, -0.1) is 5.76 Å². The van der Waals surface area contributed by atoms with E-state index < -0.39 is 18.2 Å². The third-order valence-electron chi connectivity index (χ3n) is 10.9. The number of unbranched alkanes of at least 4 members (excludes halogenated alkanes) is 1. The lowest BCUT2D eigenvalue weighted by atomic mass is 9.82. The number of carbonyl (C=O) groups excluding carboxylic acids is 1. The minimum atomic E-state index is -0.699. The molecule has 4 aromatic rings. The van der Waals surface area contributed by atoms with Crippen LogP contribution in [0.5, 0.6) is 17.2 Å². The van der Waals surface area contributed by atoms with Crippen molar-refractivity contribution in [3.05, 3.63) is 160 Å². The summed E-state index contributed by atoms with van der Waals surface area (Å²) in [4.78, 5) is 17.0. The van der Waals surface area contributed by atoms with Crippen molar-refractivity contribution in [1.82, 2.24) is 0 Å². The van der Waals surface area contributed by atoms with E-state index in [1.165, 1.54) is 0 Å². The second kappa shape index (κ2) is 20.0. The van der Waals surface area contributed by atoms with Gasteiger partial charge in [-0.1, -0.05) is 85.5 Å². The Morgan fingerprint density at radius 2 is 1.74 bits per heavy atom. The zero-order valence-electron chi connectivity index (χ0n) is 32.9. The van der Waals surface area contributed by atoms with E-state index in [1.54, 1.807) is 42.6 Å². The van der Waals surface area contributed by atoms with Crippen LogP contribution in [-0.4, -0.2) is 39.5 Å². The highest BCUT2D eigenvalue weighted by molar-refractivity contribution is 6.06. The van der Waals surface area contributed by atoms with Crippen molar-refractivity contribution in [2.75, 3.05) is 6.61 Å². The number of aliphatic imine (C=N–C) groups is 1. The summed E-state index contributed by atoms with van der Waals surface area (Å²) < 4.78 is 6.04. The number of benzene rings is 4. The Kier molecular flexibility index (Phi) is 14.4. The van der Waals surface area contributed by atoms with Gasteiger partial charge in [0.25, 0.3) is 0 Å². The fraction of sp³-hybridized carbons (Fsp3) is 0.306. The lowest BCUT2D eigenvalue weighted by Gasteiger charge is -2.27. The summed E-state index contributed by atoms with van der Waals surface area (Å²) in [7, 11) is 0. The van der Waals surface area contributed by atoms with Gasteiger partial charge < -0.3 is 36.6 Å². The Bertz CT molecular complexity index is 2260. The van der Waals surface area contributed by atoms with Gasteiger partial charge in [-0.25, -0.2) is 0 Å². The lowest BCUT2D eigenvalue weighted by molar-refractivity contribution is -0.307. The summed E-state index contributed by atoms with van der Waals surface area (Å²) in [5.41, 5.74) is 18.8. The van der Waals surface area contributed by atoms with Gasteiger partial charge >= 0.3 is 0 Å². The molecule has 0 fully saturated rings. The number of fused-ring (bicyclic) bond motifs is 2. The van der Waals surface area contributed by atoms with Crippen LogP contribution >= 0.6 is 0 Å². The Morgan fingerprint density at radius 1 is 0.966 bits per heavy atom. The number of carbonyl (C=O) groups is 1. The number of aryl methyl sites for hydroxylation is 1. The number of allylic oxidation sites excluding steroid dienone is 5. The molecule has 58 heavy (non-hydrogen) atoms. The molecule has 3 unspecified atom stereocenters. The van der Waals surface area contributed by atoms with E-state index >= 15 is 0 Å². The van der Waals surface area contributed by atoms with Crippen molar-refractivity contribution in [2.24, 2.45) is 22.4 Å². The number of rotatable bonds is 17. The molecular weight excluding hydrogens is 727 g/mol. The van der Waals surface area contributed by atoms with E-state index in [-0.39, 0.29) is 42.0 Å². The van der Waals surface area contributed by atoms with Crippen LogP contribution in [0, 0.1) is 17.8 Å². The number of hydrogen-bond acceptors (Lipinski definition) is 9. The monoisotopic (exact) mass is 778 g/mol. The summed E-state index contributed by atoms with van der Waals surface area (Å²) >= 11 is 0. The van der Waals surface area contributed by atoms with Gasteiger partial charge in [-0.3, -0.25) is 9.79 Å². The van der Waals surface area contributed by atoms with Crippen molar-refractivity contribution in [2.45, 2.75) is 82.9 Å². The van der Waals surface area contributed by atoms with E-state index in [0.29, 0.717) is 65.8 Å². The van der Waals surface area contributed by atoms with Crippen molar-refractivity contribution < 1.29 is 30.0 Å². The molecule has 9 nitrogen and oxygen atoms in total. The molecule has 1 heterocycles. The molecule has 0 aromatic heterocycles. The average molecular weight is 779 g/mol. The normalized spacial score (nSPS) is 16.0. The molecule has 0 saturated heterocycles. The van der Waals surface area contributed by atoms with Gasteiger partial charge in [0.1, 0.15) is 5.75 Å². The summed E-state index contributed by atoms with van der Waals surface area (Å²) in [6, 6.07) is 26.0. The maximum absolute atomic E-state index is 13.7. The molecule has 0 spiro atoms. The average Bonchev–Trinajstić information content (AvgIpc) is 3.69. The first-order chi connectivity index (χ1) is 28.0. The molecule has 0 saturated carbocycles. The van der Waals surface area contributed by atoms with Crippen molar-refractivity contribution in [3.63, 3.8) is 0 Å². The molecule has 0 amide bonds. The summed E-state index contributed by atoms with van der Waals surface area (Å²) in [5.74, 6) is 6.35. The van der Waals surface area contributed by atoms with Crippen LogP contribution in [0.1, 0.15) is 96.5 Å². The van der Waals surface area contributed by atoms with Crippen molar-refractivity contribution in [3.8, 4) is 29.1 Å². The van der Waals surface area contributed by atoms with Crippen LogP contribution in [-0.2, 0) is 24.1 Å². The van der Waals surface area contributed by atoms with Gasteiger partial charge in [0.05, 0.1) is 31.0 Å². The van der Waals surface area contributed by atoms with Crippen LogP contribution in [0.3, 0.4) is 0 Å². The number of aliphatic hydroxyl groups is 1. The number of nitrogens with zero attached hydrogens (tertiary/aromatic N) is 1. The van der Waals surface area contributed by atoms with Crippen LogP contribution in [0.2, 0.25) is 0 Å². The minimum Gasteiger partial charge on any atom is -0.875 e. The predicted octanol–water partition coefficient (Wildman–Crippen LogP) is 6.96. The molecule has 3 atom stereocenters. The highest BCUT2D eigenvalue weighted by Gasteiger charge is 2.24. The number of hydrogen-bond donors (Lipinski definition) is 5. The molecule has 2 aliphatic rings. The zero-order chi connectivity index (χ0) is 41.0. The number of aliphatic hydroxyl groups excluding tert-OH is 1. The molecule has 0 bridgehead atoms. The molecule has 1 aliphatic carbocycles.